The van der Waals surface area contributed by atoms with E-state index in [1.165, 1.54) is 25.3 Å². The number of rotatable bonds is 8. The zero-order valence-corrected chi connectivity index (χ0v) is 14.6. The standard InChI is InChI=1S/C19H16F2O4S/c1-25-18-7-4-13(9-14(18)10-26-11-19(23)24)17(22)6-3-12-2-5-15(20)16(21)8-12/h2-9H,10-11H2,1H3,(H,23,24)/p-1/b6-3+. The minimum Gasteiger partial charge on any atom is -0.549 e. The third kappa shape index (κ3) is 5.42. The predicted octanol–water partition coefficient (Wildman–Crippen LogP) is 2.85. The van der Waals surface area contributed by atoms with E-state index in [1.54, 1.807) is 18.2 Å². The molecule has 0 aliphatic heterocycles. The van der Waals surface area contributed by atoms with Gasteiger partial charge in [-0.3, -0.25) is 4.79 Å². The van der Waals surface area contributed by atoms with E-state index in [-0.39, 0.29) is 11.5 Å². The molecule has 2 aromatic rings. The monoisotopic (exact) mass is 377 g/mol. The summed E-state index contributed by atoms with van der Waals surface area (Å²) >= 11 is 1.13. The van der Waals surface area contributed by atoms with Gasteiger partial charge in [0.25, 0.3) is 0 Å². The van der Waals surface area contributed by atoms with Gasteiger partial charge in [-0.2, -0.15) is 11.8 Å². The second-order valence-corrected chi connectivity index (χ2v) is 6.25. The molecule has 0 aliphatic carbocycles. The molecule has 0 amide bonds. The van der Waals surface area contributed by atoms with E-state index in [0.29, 0.717) is 28.2 Å². The lowest BCUT2D eigenvalue weighted by Gasteiger charge is -2.10. The van der Waals surface area contributed by atoms with E-state index in [1.807, 2.05) is 0 Å². The van der Waals surface area contributed by atoms with Crippen molar-refractivity contribution < 1.29 is 28.2 Å². The number of methoxy groups -OCH3 is 1. The van der Waals surface area contributed by atoms with Crippen LogP contribution in [0.3, 0.4) is 0 Å². The van der Waals surface area contributed by atoms with Gasteiger partial charge in [-0.1, -0.05) is 12.1 Å². The fraction of sp³-hybridized carbons (Fsp3) is 0.158. The molecular formula is C19H15F2O4S-. The first kappa shape index (κ1) is 19.7. The molecule has 0 unspecified atom stereocenters. The summed E-state index contributed by atoms with van der Waals surface area (Å²) in [5.41, 5.74) is 1.40. The molecule has 0 aliphatic rings. The fourth-order valence-corrected chi connectivity index (χ4v) is 2.89. The fourth-order valence-electron chi connectivity index (χ4n) is 2.17. The van der Waals surface area contributed by atoms with E-state index < -0.39 is 17.6 Å². The van der Waals surface area contributed by atoms with Crippen LogP contribution in [0.5, 0.6) is 5.75 Å². The van der Waals surface area contributed by atoms with Gasteiger partial charge in [0.2, 0.25) is 0 Å². The maximum atomic E-state index is 13.2. The van der Waals surface area contributed by atoms with Crippen molar-refractivity contribution in [3.05, 3.63) is 70.8 Å². The number of carboxylic acids is 1. The van der Waals surface area contributed by atoms with E-state index in [4.69, 9.17) is 4.74 Å². The average molecular weight is 377 g/mol. The van der Waals surface area contributed by atoms with Crippen LogP contribution in [0.2, 0.25) is 0 Å². The average Bonchev–Trinajstić information content (AvgIpc) is 2.62. The molecule has 7 heteroatoms. The highest BCUT2D eigenvalue weighted by atomic mass is 32.2. The highest BCUT2D eigenvalue weighted by molar-refractivity contribution is 7.99. The zero-order chi connectivity index (χ0) is 19.1. The topological polar surface area (TPSA) is 66.4 Å². The Labute approximate surface area is 153 Å². The number of aliphatic carboxylic acids is 1. The Kier molecular flexibility index (Phi) is 6.91. The second-order valence-electron chi connectivity index (χ2n) is 5.26. The Morgan fingerprint density at radius 1 is 1.15 bits per heavy atom. The number of benzene rings is 2. The molecule has 2 rings (SSSR count). The van der Waals surface area contributed by atoms with Gasteiger partial charge in [-0.25, -0.2) is 8.78 Å². The molecule has 136 valence electrons. The van der Waals surface area contributed by atoms with Gasteiger partial charge in [0.15, 0.2) is 17.4 Å². The largest absolute Gasteiger partial charge is 0.549 e. The molecule has 0 atom stereocenters. The number of carbonyl (C=O) groups is 2. The van der Waals surface area contributed by atoms with Gasteiger partial charge in [0, 0.05) is 22.6 Å². The van der Waals surface area contributed by atoms with Crippen molar-refractivity contribution in [3.63, 3.8) is 0 Å². The number of hydrogen-bond donors (Lipinski definition) is 0. The minimum absolute atomic E-state index is 0.169. The molecule has 0 saturated heterocycles. The molecule has 0 fully saturated rings. The Bertz CT molecular complexity index is 849. The third-order valence-corrected chi connectivity index (χ3v) is 4.37. The smallest absolute Gasteiger partial charge is 0.185 e. The van der Waals surface area contributed by atoms with Crippen LogP contribution in [0.4, 0.5) is 8.78 Å². The maximum absolute atomic E-state index is 13.2. The van der Waals surface area contributed by atoms with E-state index >= 15 is 0 Å². The lowest BCUT2D eigenvalue weighted by molar-refractivity contribution is -0.301. The van der Waals surface area contributed by atoms with Crippen molar-refractivity contribution in [1.29, 1.82) is 0 Å². The number of ketones is 1. The lowest BCUT2D eigenvalue weighted by atomic mass is 10.1. The van der Waals surface area contributed by atoms with Crippen molar-refractivity contribution in [1.82, 2.24) is 0 Å². The van der Waals surface area contributed by atoms with Crippen LogP contribution in [0.1, 0.15) is 21.5 Å². The summed E-state index contributed by atoms with van der Waals surface area (Å²) in [6, 6.07) is 8.14. The zero-order valence-electron chi connectivity index (χ0n) is 13.8. The minimum atomic E-state index is -1.17. The van der Waals surface area contributed by atoms with Crippen LogP contribution in [0, 0.1) is 11.6 Å². The third-order valence-electron chi connectivity index (χ3n) is 3.41. The van der Waals surface area contributed by atoms with E-state index in [0.717, 1.165) is 23.9 Å². The summed E-state index contributed by atoms with van der Waals surface area (Å²) < 4.78 is 31.3. The van der Waals surface area contributed by atoms with Gasteiger partial charge in [0.1, 0.15) is 5.75 Å². The van der Waals surface area contributed by atoms with Crippen LogP contribution in [0.15, 0.2) is 42.5 Å². The first-order valence-electron chi connectivity index (χ1n) is 7.52. The van der Waals surface area contributed by atoms with E-state index in [9.17, 15) is 23.5 Å². The summed E-state index contributed by atoms with van der Waals surface area (Å²) in [4.78, 5) is 22.8. The van der Waals surface area contributed by atoms with Crippen LogP contribution in [-0.2, 0) is 10.5 Å². The van der Waals surface area contributed by atoms with Crippen LogP contribution >= 0.6 is 11.8 Å². The summed E-state index contributed by atoms with van der Waals surface area (Å²) in [7, 11) is 1.48. The van der Waals surface area contributed by atoms with Gasteiger partial charge in [-0.05, 0) is 42.0 Å². The first-order chi connectivity index (χ1) is 12.4. The molecule has 0 radical (unpaired) electrons. The van der Waals surface area contributed by atoms with Crippen molar-refractivity contribution in [2.75, 3.05) is 12.9 Å². The normalized spacial score (nSPS) is 10.9. The number of carboxylic acid groups (broad SMARTS) is 1. The van der Waals surface area contributed by atoms with Crippen LogP contribution < -0.4 is 9.84 Å². The molecule has 26 heavy (non-hydrogen) atoms. The molecule has 0 bridgehead atoms. The summed E-state index contributed by atoms with van der Waals surface area (Å²) in [5.74, 6) is -2.74. The molecule has 0 saturated carbocycles. The highest BCUT2D eigenvalue weighted by Crippen LogP contribution is 2.25. The number of ether oxygens (including phenoxy) is 1. The second kappa shape index (κ2) is 9.15. The van der Waals surface area contributed by atoms with Crippen molar-refractivity contribution in [2.45, 2.75) is 5.75 Å². The lowest BCUT2D eigenvalue weighted by Crippen LogP contribution is -2.24. The first-order valence-corrected chi connectivity index (χ1v) is 8.68. The molecule has 0 N–H and O–H groups in total. The molecule has 0 aromatic heterocycles. The van der Waals surface area contributed by atoms with Crippen molar-refractivity contribution in [3.8, 4) is 5.75 Å². The summed E-state index contributed by atoms with van der Waals surface area (Å²) in [6.07, 6.45) is 2.65. The number of allylic oxidation sites excluding steroid dienone is 1. The van der Waals surface area contributed by atoms with Crippen molar-refractivity contribution >= 4 is 29.6 Å². The van der Waals surface area contributed by atoms with Gasteiger partial charge < -0.3 is 14.6 Å². The maximum Gasteiger partial charge on any atom is 0.185 e. The number of carbonyl (C=O) groups excluding carboxylic acids is 2. The number of halogens is 2. The SMILES string of the molecule is COc1ccc(C(=O)/C=C/c2ccc(F)c(F)c2)cc1CSCC(=O)[O-]. The van der Waals surface area contributed by atoms with Gasteiger partial charge >= 0.3 is 0 Å². The predicted molar refractivity (Wildman–Crippen MR) is 93.9 cm³/mol. The number of hydrogen-bond acceptors (Lipinski definition) is 5. The molecule has 2 aromatic carbocycles. The number of thioether (sulfide) groups is 1. The van der Waals surface area contributed by atoms with Gasteiger partial charge in [0.05, 0.1) is 13.1 Å². The van der Waals surface area contributed by atoms with Crippen LogP contribution in [-0.4, -0.2) is 24.6 Å². The van der Waals surface area contributed by atoms with Crippen molar-refractivity contribution in [2.24, 2.45) is 0 Å². The Morgan fingerprint density at radius 2 is 1.92 bits per heavy atom. The van der Waals surface area contributed by atoms with E-state index in [2.05, 4.69) is 0 Å². The summed E-state index contributed by atoms with van der Waals surface area (Å²) in [5, 5.41) is 10.5. The Hall–Kier alpha value is -2.67. The van der Waals surface area contributed by atoms with Gasteiger partial charge in [-0.15, -0.1) is 0 Å². The van der Waals surface area contributed by atoms with Crippen LogP contribution in [0.25, 0.3) is 6.08 Å². The molecule has 0 heterocycles. The Morgan fingerprint density at radius 3 is 2.58 bits per heavy atom. The molecular weight excluding hydrogens is 362 g/mol. The summed E-state index contributed by atoms with van der Waals surface area (Å²) in [6.45, 7) is 0. The quantitative estimate of drug-likeness (QED) is 0.523. The Balaban J connectivity index is 2.15. The molecule has 4 nitrogen and oxygen atoms in total. The molecule has 0 spiro atoms. The highest BCUT2D eigenvalue weighted by Gasteiger charge is 2.09.